The number of hydrogen-bond donors (Lipinski definition) is 2. The number of carbonyl (C=O) groups is 1. The lowest BCUT2D eigenvalue weighted by atomic mass is 9.96. The molecular formula is C35H33ClN2O6. The number of carboxylic acids is 1. The number of ether oxygens (including phenoxy) is 4. The molecule has 0 saturated carbocycles. The molecule has 9 heteroatoms. The van der Waals surface area contributed by atoms with Crippen molar-refractivity contribution >= 4 is 17.6 Å². The van der Waals surface area contributed by atoms with Crippen LogP contribution in [0.3, 0.4) is 0 Å². The summed E-state index contributed by atoms with van der Waals surface area (Å²) in [5, 5.41) is 22.2. The van der Waals surface area contributed by atoms with Crippen molar-refractivity contribution in [3.05, 3.63) is 106 Å². The number of nitrogens with zero attached hydrogens (tertiary/aromatic N) is 1. The van der Waals surface area contributed by atoms with E-state index in [1.165, 1.54) is 0 Å². The fraction of sp³-hybridized carbons (Fsp3) is 0.257. The van der Waals surface area contributed by atoms with Crippen molar-refractivity contribution in [3.8, 4) is 40.2 Å². The van der Waals surface area contributed by atoms with Crippen LogP contribution in [-0.4, -0.2) is 30.3 Å². The fourth-order valence-corrected chi connectivity index (χ4v) is 5.25. The molecule has 44 heavy (non-hydrogen) atoms. The molecule has 1 aliphatic heterocycles. The number of aliphatic carboxylic acids is 1. The molecule has 4 aromatic rings. The molecule has 0 saturated heterocycles. The lowest BCUT2D eigenvalue weighted by Gasteiger charge is -2.20. The Bertz CT molecular complexity index is 1700. The number of benzene rings is 4. The van der Waals surface area contributed by atoms with Crippen LogP contribution in [0.1, 0.15) is 41.2 Å². The van der Waals surface area contributed by atoms with Crippen LogP contribution in [0.15, 0.2) is 72.8 Å². The summed E-state index contributed by atoms with van der Waals surface area (Å²) in [6.45, 7) is 5.63. The predicted molar refractivity (Wildman–Crippen MR) is 167 cm³/mol. The van der Waals surface area contributed by atoms with Crippen LogP contribution in [0, 0.1) is 18.3 Å². The first-order chi connectivity index (χ1) is 21.4. The molecule has 0 fully saturated rings. The Kier molecular flexibility index (Phi) is 9.90. The van der Waals surface area contributed by atoms with Gasteiger partial charge in [-0.1, -0.05) is 54.9 Å². The van der Waals surface area contributed by atoms with Crippen LogP contribution < -0.4 is 24.3 Å². The van der Waals surface area contributed by atoms with Gasteiger partial charge in [-0.3, -0.25) is 4.79 Å². The first-order valence-electron chi connectivity index (χ1n) is 14.4. The lowest BCUT2D eigenvalue weighted by Crippen LogP contribution is -2.35. The highest BCUT2D eigenvalue weighted by Gasteiger charge is 2.18. The van der Waals surface area contributed by atoms with Gasteiger partial charge >= 0.3 is 5.97 Å². The van der Waals surface area contributed by atoms with Gasteiger partial charge in [-0.05, 0) is 71.5 Å². The highest BCUT2D eigenvalue weighted by Crippen LogP contribution is 2.37. The molecule has 226 valence electrons. The molecule has 8 nitrogen and oxygen atoms in total. The predicted octanol–water partition coefficient (Wildman–Crippen LogP) is 7.07. The lowest BCUT2D eigenvalue weighted by molar-refractivity contribution is -0.139. The summed E-state index contributed by atoms with van der Waals surface area (Å²) in [6.07, 6.45) is 0.423. The minimum absolute atomic E-state index is 0.205. The van der Waals surface area contributed by atoms with Crippen molar-refractivity contribution in [1.29, 1.82) is 5.26 Å². The standard InChI is InChI=1S/C35H33ClN2O6/c1-3-30(35(39)40)38-19-27-15-29(36)33(17-32(27)43-20-24-7-4-6-23(14-24)18-37)44-21-26-8-5-9-28(22(26)2)25-10-11-31-34(16-25)42-13-12-41-31/h4-11,14-17,30,38H,3,12-13,19-21H2,1-2H3,(H,39,40)/t30-/m0/s1. The summed E-state index contributed by atoms with van der Waals surface area (Å²) < 4.78 is 23.9. The Hall–Kier alpha value is -4.71. The largest absolute Gasteiger partial charge is 0.488 e. The van der Waals surface area contributed by atoms with Gasteiger partial charge in [0, 0.05) is 18.2 Å². The molecule has 1 aliphatic rings. The zero-order chi connectivity index (χ0) is 31.1. The van der Waals surface area contributed by atoms with E-state index in [1.54, 1.807) is 37.3 Å². The Morgan fingerprint density at radius 1 is 0.977 bits per heavy atom. The summed E-state index contributed by atoms with van der Waals surface area (Å²) in [4.78, 5) is 11.6. The number of fused-ring (bicyclic) bond motifs is 1. The van der Waals surface area contributed by atoms with E-state index < -0.39 is 12.0 Å². The Labute approximate surface area is 261 Å². The van der Waals surface area contributed by atoms with Crippen LogP contribution in [0.2, 0.25) is 5.02 Å². The van der Waals surface area contributed by atoms with Gasteiger partial charge in [0.05, 0.1) is 16.7 Å². The van der Waals surface area contributed by atoms with Gasteiger partial charge in [0.15, 0.2) is 11.5 Å². The maximum absolute atomic E-state index is 11.6. The zero-order valence-electron chi connectivity index (χ0n) is 24.6. The SMILES string of the molecule is CC[C@H](NCc1cc(Cl)c(OCc2cccc(-c3ccc4c(c3)OCCO4)c2C)cc1OCc1cccc(C#N)c1)C(=O)O. The van der Waals surface area contributed by atoms with Gasteiger partial charge in [0.1, 0.15) is 44.0 Å². The van der Waals surface area contributed by atoms with E-state index in [-0.39, 0.29) is 19.8 Å². The molecule has 0 amide bonds. The molecule has 0 aromatic heterocycles. The maximum atomic E-state index is 11.6. The van der Waals surface area contributed by atoms with Gasteiger partial charge in [0.2, 0.25) is 0 Å². The molecule has 1 heterocycles. The highest BCUT2D eigenvalue weighted by atomic mass is 35.5. The van der Waals surface area contributed by atoms with Crippen LogP contribution >= 0.6 is 11.6 Å². The van der Waals surface area contributed by atoms with Gasteiger partial charge in [-0.25, -0.2) is 0 Å². The van der Waals surface area contributed by atoms with E-state index in [4.69, 9.17) is 30.5 Å². The minimum Gasteiger partial charge on any atom is -0.488 e. The smallest absolute Gasteiger partial charge is 0.320 e. The Morgan fingerprint density at radius 3 is 2.52 bits per heavy atom. The second kappa shape index (κ2) is 14.2. The summed E-state index contributed by atoms with van der Waals surface area (Å²) in [6, 6.07) is 24.1. The average molecular weight is 613 g/mol. The normalized spacial score (nSPS) is 12.7. The van der Waals surface area contributed by atoms with Gasteiger partial charge in [0.25, 0.3) is 0 Å². The third-order valence-electron chi connectivity index (χ3n) is 7.49. The molecule has 0 radical (unpaired) electrons. The summed E-state index contributed by atoms with van der Waals surface area (Å²) in [7, 11) is 0. The molecule has 2 N–H and O–H groups in total. The first-order valence-corrected chi connectivity index (χ1v) is 14.8. The molecular weight excluding hydrogens is 580 g/mol. The van der Waals surface area contributed by atoms with Crippen LogP contribution in [0.5, 0.6) is 23.0 Å². The molecule has 5 rings (SSSR count). The van der Waals surface area contributed by atoms with E-state index in [9.17, 15) is 15.2 Å². The number of hydrogen-bond acceptors (Lipinski definition) is 7. The van der Waals surface area contributed by atoms with E-state index in [0.717, 1.165) is 39.3 Å². The third kappa shape index (κ3) is 7.25. The van der Waals surface area contributed by atoms with E-state index in [0.29, 0.717) is 47.3 Å². The Balaban J connectivity index is 1.37. The highest BCUT2D eigenvalue weighted by molar-refractivity contribution is 6.32. The fourth-order valence-electron chi connectivity index (χ4n) is 5.01. The van der Waals surface area contributed by atoms with Gasteiger partial charge in [-0.2, -0.15) is 5.26 Å². The molecule has 0 aliphatic carbocycles. The van der Waals surface area contributed by atoms with Crippen LogP contribution in [-0.2, 0) is 24.6 Å². The molecule has 1 atom stereocenters. The summed E-state index contributed by atoms with van der Waals surface area (Å²) in [5.41, 5.74) is 6.18. The van der Waals surface area contributed by atoms with Crippen molar-refractivity contribution in [3.63, 3.8) is 0 Å². The van der Waals surface area contributed by atoms with Crippen molar-refractivity contribution in [2.45, 2.75) is 46.1 Å². The van der Waals surface area contributed by atoms with Crippen molar-refractivity contribution < 1.29 is 28.8 Å². The van der Waals surface area contributed by atoms with E-state index >= 15 is 0 Å². The van der Waals surface area contributed by atoms with Gasteiger partial charge in [-0.15, -0.1) is 0 Å². The second-order valence-electron chi connectivity index (χ2n) is 10.4. The molecule has 4 aromatic carbocycles. The van der Waals surface area contributed by atoms with E-state index in [1.807, 2.05) is 36.4 Å². The second-order valence-corrected chi connectivity index (χ2v) is 10.8. The quantitative estimate of drug-likeness (QED) is 0.175. The third-order valence-corrected chi connectivity index (χ3v) is 7.79. The van der Waals surface area contributed by atoms with Crippen LogP contribution in [0.25, 0.3) is 11.1 Å². The Morgan fingerprint density at radius 2 is 1.75 bits per heavy atom. The molecule has 0 unspecified atom stereocenters. The number of rotatable bonds is 12. The number of halogens is 1. The number of nitrogens with one attached hydrogen (secondary N) is 1. The van der Waals surface area contributed by atoms with Gasteiger partial charge < -0.3 is 29.4 Å². The summed E-state index contributed by atoms with van der Waals surface area (Å²) >= 11 is 6.68. The molecule has 0 spiro atoms. The summed E-state index contributed by atoms with van der Waals surface area (Å²) in [5.74, 6) is 1.49. The maximum Gasteiger partial charge on any atom is 0.320 e. The van der Waals surface area contributed by atoms with Crippen LogP contribution in [0.4, 0.5) is 0 Å². The number of nitriles is 1. The molecule has 0 bridgehead atoms. The topological polar surface area (TPSA) is 110 Å². The van der Waals surface area contributed by atoms with Crippen molar-refractivity contribution in [2.24, 2.45) is 0 Å². The van der Waals surface area contributed by atoms with Crippen molar-refractivity contribution in [2.75, 3.05) is 13.2 Å². The first kappa shape index (κ1) is 30.7. The van der Waals surface area contributed by atoms with Crippen molar-refractivity contribution in [1.82, 2.24) is 5.32 Å². The number of carboxylic acid groups (broad SMARTS) is 1. The monoisotopic (exact) mass is 612 g/mol. The zero-order valence-corrected chi connectivity index (χ0v) is 25.3. The minimum atomic E-state index is -0.928. The van der Waals surface area contributed by atoms with E-state index in [2.05, 4.69) is 24.4 Å². The average Bonchev–Trinajstić information content (AvgIpc) is 3.04.